The quantitative estimate of drug-likeness (QED) is 0.798. The lowest BCUT2D eigenvalue weighted by Gasteiger charge is -2.26. The normalized spacial score (nSPS) is 15.5. The molecule has 1 aliphatic heterocycles. The maximum Gasteiger partial charge on any atom is 0.336 e. The number of hydrogen-bond acceptors (Lipinski definition) is 7. The minimum Gasteiger partial charge on any atom is -0.408 e. The highest BCUT2D eigenvalue weighted by Gasteiger charge is 2.29. The first kappa shape index (κ1) is 16.6. The van der Waals surface area contributed by atoms with Crippen molar-refractivity contribution in [1.82, 2.24) is 15.1 Å². The van der Waals surface area contributed by atoms with Crippen molar-refractivity contribution < 1.29 is 22.4 Å². The summed E-state index contributed by atoms with van der Waals surface area (Å²) in [4.78, 5) is 13.6. The number of nitrogens with zero attached hydrogens (tertiary/aromatic N) is 3. The van der Waals surface area contributed by atoms with E-state index in [1.165, 1.54) is 4.90 Å². The summed E-state index contributed by atoms with van der Waals surface area (Å²) in [6, 6.07) is 7.27. The molecular weight excluding hydrogens is 334 g/mol. The molecule has 9 heteroatoms. The minimum absolute atomic E-state index is 0.116. The lowest BCUT2D eigenvalue weighted by molar-refractivity contribution is -0.132. The predicted molar refractivity (Wildman–Crippen MR) is 83.9 cm³/mol. The van der Waals surface area contributed by atoms with E-state index < -0.39 is 26.7 Å². The van der Waals surface area contributed by atoms with Crippen LogP contribution in [0.25, 0.3) is 11.5 Å². The Labute approximate surface area is 139 Å². The van der Waals surface area contributed by atoms with Gasteiger partial charge in [0, 0.05) is 18.7 Å². The molecule has 1 saturated heterocycles. The second-order valence-electron chi connectivity index (χ2n) is 5.44. The zero-order chi connectivity index (χ0) is 17.2. The number of benzene rings is 1. The van der Waals surface area contributed by atoms with Gasteiger partial charge in [-0.3, -0.25) is 4.79 Å². The Kier molecular flexibility index (Phi) is 4.63. The van der Waals surface area contributed by atoms with Gasteiger partial charge in [-0.25, -0.2) is 8.42 Å². The summed E-state index contributed by atoms with van der Waals surface area (Å²) in [5, 5.41) is 6.86. The summed E-state index contributed by atoms with van der Waals surface area (Å²) in [6.07, 6.45) is 0. The highest BCUT2D eigenvalue weighted by atomic mass is 32.2. The van der Waals surface area contributed by atoms with E-state index in [-0.39, 0.29) is 5.89 Å². The van der Waals surface area contributed by atoms with Crippen molar-refractivity contribution in [3.63, 3.8) is 0 Å². The fourth-order valence-corrected chi connectivity index (χ4v) is 3.39. The molecule has 0 aliphatic carbocycles. The van der Waals surface area contributed by atoms with Crippen molar-refractivity contribution in [3.8, 4) is 11.5 Å². The molecule has 0 bridgehead atoms. The van der Waals surface area contributed by atoms with Gasteiger partial charge in [0.2, 0.25) is 21.6 Å². The number of aromatic nitrogens is 2. The van der Waals surface area contributed by atoms with Gasteiger partial charge >= 0.3 is 5.22 Å². The Morgan fingerprint density at radius 1 is 1.21 bits per heavy atom. The molecule has 8 nitrogen and oxygen atoms in total. The van der Waals surface area contributed by atoms with E-state index in [0.717, 1.165) is 5.56 Å². The monoisotopic (exact) mass is 351 g/mol. The smallest absolute Gasteiger partial charge is 0.336 e. The van der Waals surface area contributed by atoms with Crippen LogP contribution in [0, 0.1) is 6.92 Å². The molecule has 1 aromatic heterocycles. The fraction of sp³-hybridized carbons (Fsp3) is 0.400. The Hall–Kier alpha value is -2.26. The zero-order valence-corrected chi connectivity index (χ0v) is 14.0. The van der Waals surface area contributed by atoms with Gasteiger partial charge in [0.25, 0.3) is 0 Å². The Bertz CT molecular complexity index is 840. The van der Waals surface area contributed by atoms with Crippen LogP contribution in [0.4, 0.5) is 0 Å². The molecule has 1 aromatic carbocycles. The molecule has 0 N–H and O–H groups in total. The number of rotatable bonds is 4. The van der Waals surface area contributed by atoms with Crippen molar-refractivity contribution in [3.05, 3.63) is 29.8 Å². The Balaban J connectivity index is 1.78. The van der Waals surface area contributed by atoms with Crippen LogP contribution < -0.4 is 0 Å². The molecule has 0 spiro atoms. The number of sulfone groups is 1. The van der Waals surface area contributed by atoms with Crippen molar-refractivity contribution in [1.29, 1.82) is 0 Å². The van der Waals surface area contributed by atoms with Crippen molar-refractivity contribution >= 4 is 15.7 Å². The number of amides is 1. The molecule has 0 saturated carbocycles. The van der Waals surface area contributed by atoms with E-state index in [2.05, 4.69) is 10.2 Å². The summed E-state index contributed by atoms with van der Waals surface area (Å²) in [5.74, 6) is -1.07. The highest BCUT2D eigenvalue weighted by molar-refractivity contribution is 7.91. The third-order valence-electron chi connectivity index (χ3n) is 3.73. The average Bonchev–Trinajstić information content (AvgIpc) is 3.06. The zero-order valence-electron chi connectivity index (χ0n) is 13.1. The van der Waals surface area contributed by atoms with Crippen LogP contribution in [-0.4, -0.2) is 61.5 Å². The molecule has 0 radical (unpaired) electrons. The summed E-state index contributed by atoms with van der Waals surface area (Å²) < 4.78 is 35.1. The van der Waals surface area contributed by atoms with Gasteiger partial charge in [-0.2, -0.15) is 0 Å². The number of ether oxygens (including phenoxy) is 1. The number of aryl methyl sites for hydroxylation is 1. The van der Waals surface area contributed by atoms with Gasteiger partial charge in [-0.1, -0.05) is 23.3 Å². The summed E-state index contributed by atoms with van der Waals surface area (Å²) in [6.45, 7) is 3.43. The van der Waals surface area contributed by atoms with E-state index >= 15 is 0 Å². The van der Waals surface area contributed by atoms with Gasteiger partial charge in [-0.15, -0.1) is 5.10 Å². The van der Waals surface area contributed by atoms with E-state index in [1.54, 1.807) is 12.1 Å². The van der Waals surface area contributed by atoms with E-state index in [4.69, 9.17) is 9.15 Å². The SMILES string of the molecule is Cc1ccccc1-c1nnc(S(=O)(=O)CC(=O)N2CCOCC2)o1. The number of carbonyl (C=O) groups excluding carboxylic acids is 1. The predicted octanol–water partition coefficient (Wildman–Crippen LogP) is 0.678. The molecular formula is C15H17N3O5S. The third kappa shape index (κ3) is 3.46. The fourth-order valence-electron chi connectivity index (χ4n) is 2.39. The van der Waals surface area contributed by atoms with Gasteiger partial charge < -0.3 is 14.1 Å². The Morgan fingerprint density at radius 3 is 2.62 bits per heavy atom. The molecule has 0 unspecified atom stereocenters. The second kappa shape index (κ2) is 6.70. The van der Waals surface area contributed by atoms with Crippen LogP contribution in [0.2, 0.25) is 0 Å². The molecule has 1 aliphatic rings. The average molecular weight is 351 g/mol. The van der Waals surface area contributed by atoms with Crippen LogP contribution in [0.1, 0.15) is 5.56 Å². The van der Waals surface area contributed by atoms with E-state index in [0.29, 0.717) is 31.9 Å². The summed E-state index contributed by atoms with van der Waals surface area (Å²) in [7, 11) is -3.98. The lowest BCUT2D eigenvalue weighted by Crippen LogP contribution is -2.43. The van der Waals surface area contributed by atoms with Crippen LogP contribution >= 0.6 is 0 Å². The molecule has 1 amide bonds. The highest BCUT2D eigenvalue weighted by Crippen LogP contribution is 2.23. The van der Waals surface area contributed by atoms with Gasteiger partial charge in [0.05, 0.1) is 13.2 Å². The first-order chi connectivity index (χ1) is 11.5. The number of carbonyl (C=O) groups is 1. The van der Waals surface area contributed by atoms with Crippen LogP contribution in [-0.2, 0) is 19.4 Å². The van der Waals surface area contributed by atoms with Crippen LogP contribution in [0.15, 0.2) is 33.9 Å². The second-order valence-corrected chi connectivity index (χ2v) is 7.31. The van der Waals surface area contributed by atoms with Crippen LogP contribution in [0.3, 0.4) is 0 Å². The maximum absolute atomic E-state index is 12.3. The standard InChI is InChI=1S/C15H17N3O5S/c1-11-4-2-3-5-12(11)14-16-17-15(23-14)24(20,21)10-13(19)18-6-8-22-9-7-18/h2-5H,6-10H2,1H3. The first-order valence-corrected chi connectivity index (χ1v) is 9.10. The molecule has 3 rings (SSSR count). The van der Waals surface area contributed by atoms with Gasteiger partial charge in [-0.05, 0) is 18.6 Å². The minimum atomic E-state index is -3.98. The Morgan fingerprint density at radius 2 is 1.92 bits per heavy atom. The molecule has 128 valence electrons. The molecule has 2 heterocycles. The topological polar surface area (TPSA) is 103 Å². The van der Waals surface area contributed by atoms with E-state index in [1.807, 2.05) is 19.1 Å². The first-order valence-electron chi connectivity index (χ1n) is 7.45. The third-order valence-corrected chi connectivity index (χ3v) is 5.05. The van der Waals surface area contributed by atoms with Crippen LogP contribution in [0.5, 0.6) is 0 Å². The van der Waals surface area contributed by atoms with Crippen molar-refractivity contribution in [2.75, 3.05) is 32.1 Å². The van der Waals surface area contributed by atoms with Crippen molar-refractivity contribution in [2.24, 2.45) is 0 Å². The molecule has 0 atom stereocenters. The van der Waals surface area contributed by atoms with E-state index in [9.17, 15) is 13.2 Å². The largest absolute Gasteiger partial charge is 0.408 e. The summed E-state index contributed by atoms with van der Waals surface area (Å²) >= 11 is 0. The molecule has 1 fully saturated rings. The molecule has 2 aromatic rings. The number of morpholine rings is 1. The summed E-state index contributed by atoms with van der Waals surface area (Å²) in [5.41, 5.74) is 1.54. The van der Waals surface area contributed by atoms with Crippen molar-refractivity contribution in [2.45, 2.75) is 12.1 Å². The number of hydrogen-bond donors (Lipinski definition) is 0. The lowest BCUT2D eigenvalue weighted by atomic mass is 10.1. The van der Waals surface area contributed by atoms with Gasteiger partial charge in [0.15, 0.2) is 0 Å². The van der Waals surface area contributed by atoms with Gasteiger partial charge in [0.1, 0.15) is 5.75 Å². The maximum atomic E-state index is 12.3. The molecule has 24 heavy (non-hydrogen) atoms.